The van der Waals surface area contributed by atoms with Crippen LogP contribution in [0.5, 0.6) is 0 Å². The maximum absolute atomic E-state index is 14.7. The van der Waals surface area contributed by atoms with Crippen molar-refractivity contribution in [3.05, 3.63) is 60.4 Å². The van der Waals surface area contributed by atoms with Gasteiger partial charge in [-0.1, -0.05) is 0 Å². The Kier molecular flexibility index (Phi) is 5.14. The van der Waals surface area contributed by atoms with Gasteiger partial charge >= 0.3 is 0 Å². The molecule has 6 rings (SSSR count). The summed E-state index contributed by atoms with van der Waals surface area (Å²) in [6, 6.07) is 7.31. The number of aromatic nitrogens is 5. The van der Waals surface area contributed by atoms with Gasteiger partial charge < -0.3 is 15.5 Å². The molecule has 10 heteroatoms. The van der Waals surface area contributed by atoms with Crippen LogP contribution in [0.1, 0.15) is 30.7 Å². The van der Waals surface area contributed by atoms with Gasteiger partial charge in [-0.25, -0.2) is 23.9 Å². The molecule has 172 valence electrons. The van der Waals surface area contributed by atoms with Crippen LogP contribution in [0.3, 0.4) is 0 Å². The Bertz CT molecular complexity index is 1370. The molecule has 1 amide bonds. The van der Waals surface area contributed by atoms with Crippen molar-refractivity contribution >= 4 is 28.9 Å². The number of carbonyl (C=O) groups is 1. The lowest BCUT2D eigenvalue weighted by Crippen LogP contribution is -2.32. The summed E-state index contributed by atoms with van der Waals surface area (Å²) in [5, 5.41) is 10.7. The highest BCUT2D eigenvalue weighted by Gasteiger charge is 2.27. The average molecular weight is 459 g/mol. The van der Waals surface area contributed by atoms with Gasteiger partial charge in [-0.3, -0.25) is 4.79 Å². The summed E-state index contributed by atoms with van der Waals surface area (Å²) in [6.07, 6.45) is 9.30. The molecule has 1 saturated heterocycles. The molecule has 1 saturated carbocycles. The fraction of sp³-hybridized carbons (Fsp3) is 0.292. The van der Waals surface area contributed by atoms with E-state index in [1.165, 1.54) is 5.56 Å². The van der Waals surface area contributed by atoms with E-state index in [1.54, 1.807) is 23.2 Å². The molecule has 2 N–H and O–H groups in total. The Morgan fingerprint density at radius 1 is 1.09 bits per heavy atom. The van der Waals surface area contributed by atoms with E-state index in [0.717, 1.165) is 36.8 Å². The Morgan fingerprint density at radius 2 is 2.00 bits per heavy atom. The Labute approximate surface area is 195 Å². The summed E-state index contributed by atoms with van der Waals surface area (Å²) >= 11 is 0. The first-order chi connectivity index (χ1) is 16.7. The molecule has 0 spiro atoms. The molecule has 34 heavy (non-hydrogen) atoms. The fourth-order valence-corrected chi connectivity index (χ4v) is 4.26. The van der Waals surface area contributed by atoms with E-state index in [-0.39, 0.29) is 17.5 Å². The van der Waals surface area contributed by atoms with Crippen LogP contribution in [-0.4, -0.2) is 50.1 Å². The number of pyridine rings is 2. The van der Waals surface area contributed by atoms with Crippen LogP contribution in [0.4, 0.5) is 21.8 Å². The third kappa shape index (κ3) is 3.96. The van der Waals surface area contributed by atoms with E-state index in [9.17, 15) is 9.18 Å². The number of halogens is 1. The molecular weight excluding hydrogens is 435 g/mol. The van der Waals surface area contributed by atoms with Crippen molar-refractivity contribution in [3.63, 3.8) is 0 Å². The minimum atomic E-state index is -0.501. The molecule has 9 nitrogen and oxygen atoms in total. The molecular formula is C24H23FN8O. The molecule has 2 fully saturated rings. The minimum absolute atomic E-state index is 0.0685. The zero-order chi connectivity index (χ0) is 23.1. The van der Waals surface area contributed by atoms with Crippen molar-refractivity contribution in [3.8, 4) is 11.3 Å². The van der Waals surface area contributed by atoms with Crippen LogP contribution in [0.15, 0.2) is 49.1 Å². The lowest BCUT2D eigenvalue weighted by atomic mass is 10.1. The van der Waals surface area contributed by atoms with E-state index in [4.69, 9.17) is 0 Å². The van der Waals surface area contributed by atoms with Crippen LogP contribution < -0.4 is 15.5 Å². The summed E-state index contributed by atoms with van der Waals surface area (Å²) < 4.78 is 16.5. The van der Waals surface area contributed by atoms with Gasteiger partial charge in [-0.2, -0.15) is 5.10 Å². The second kappa shape index (κ2) is 8.45. The SMILES string of the molecule is O=C1CCNCCN1c1ccc(Nc2ncc(F)c(-c3ccn4ncc(C5CC5)c4c3)n2)nc1. The zero-order valence-corrected chi connectivity index (χ0v) is 18.4. The van der Waals surface area contributed by atoms with Gasteiger partial charge in [0, 0.05) is 43.4 Å². The van der Waals surface area contributed by atoms with E-state index >= 15 is 0 Å². The van der Waals surface area contributed by atoms with Crippen molar-refractivity contribution in [2.75, 3.05) is 29.9 Å². The Morgan fingerprint density at radius 3 is 2.82 bits per heavy atom. The normalized spacial score (nSPS) is 16.6. The van der Waals surface area contributed by atoms with Crippen molar-refractivity contribution in [1.29, 1.82) is 0 Å². The largest absolute Gasteiger partial charge is 0.314 e. The molecule has 4 aromatic rings. The molecule has 4 aromatic heterocycles. The summed E-state index contributed by atoms with van der Waals surface area (Å²) in [4.78, 5) is 26.9. The standard InChI is InChI=1S/C24H23FN8O/c25-19-14-28-24(30-21-4-3-17(12-27-21)32-10-8-26-7-5-22(32)34)31-23(19)16-6-9-33-20(11-16)18(13-29-33)15-1-2-15/h3-4,6,9,11-15,26H,1-2,5,7-8,10H2,(H,27,28,30,31). The van der Waals surface area contributed by atoms with Crippen molar-refractivity contribution in [2.24, 2.45) is 0 Å². The van der Waals surface area contributed by atoms with E-state index in [2.05, 4.69) is 30.7 Å². The second-order valence-corrected chi connectivity index (χ2v) is 8.58. The Balaban J connectivity index is 1.25. The van der Waals surface area contributed by atoms with Crippen LogP contribution in [-0.2, 0) is 4.79 Å². The lowest BCUT2D eigenvalue weighted by Gasteiger charge is -2.20. The van der Waals surface area contributed by atoms with Gasteiger partial charge in [0.2, 0.25) is 11.9 Å². The minimum Gasteiger partial charge on any atom is -0.314 e. The van der Waals surface area contributed by atoms with Crippen LogP contribution in [0.25, 0.3) is 16.8 Å². The summed E-state index contributed by atoms with van der Waals surface area (Å²) in [6.45, 7) is 2.02. The molecule has 2 aliphatic rings. The molecule has 0 atom stereocenters. The highest BCUT2D eigenvalue weighted by molar-refractivity contribution is 5.93. The highest BCUT2D eigenvalue weighted by atomic mass is 19.1. The zero-order valence-electron chi connectivity index (χ0n) is 18.4. The number of fused-ring (bicyclic) bond motifs is 1. The van der Waals surface area contributed by atoms with Crippen molar-refractivity contribution < 1.29 is 9.18 Å². The third-order valence-corrected chi connectivity index (χ3v) is 6.21. The smallest absolute Gasteiger partial charge is 0.229 e. The van der Waals surface area contributed by atoms with E-state index < -0.39 is 5.82 Å². The van der Waals surface area contributed by atoms with Gasteiger partial charge in [0.05, 0.1) is 29.8 Å². The van der Waals surface area contributed by atoms with Crippen LogP contribution >= 0.6 is 0 Å². The predicted molar refractivity (Wildman–Crippen MR) is 126 cm³/mol. The number of hydrogen-bond donors (Lipinski definition) is 2. The number of carbonyl (C=O) groups excluding carboxylic acids is 1. The quantitative estimate of drug-likeness (QED) is 0.473. The maximum Gasteiger partial charge on any atom is 0.229 e. The van der Waals surface area contributed by atoms with Crippen LogP contribution in [0.2, 0.25) is 0 Å². The summed E-state index contributed by atoms with van der Waals surface area (Å²) in [5.41, 5.74) is 3.78. The first-order valence-corrected chi connectivity index (χ1v) is 11.4. The van der Waals surface area contributed by atoms with Gasteiger partial charge in [0.15, 0.2) is 5.82 Å². The average Bonchev–Trinajstić information content (AvgIpc) is 3.65. The van der Waals surface area contributed by atoms with E-state index in [0.29, 0.717) is 36.8 Å². The molecule has 1 aliphatic carbocycles. The predicted octanol–water partition coefficient (Wildman–Crippen LogP) is 3.27. The third-order valence-electron chi connectivity index (χ3n) is 6.21. The topological polar surface area (TPSA) is 100 Å². The summed E-state index contributed by atoms with van der Waals surface area (Å²) in [7, 11) is 0. The highest BCUT2D eigenvalue weighted by Crippen LogP contribution is 2.42. The maximum atomic E-state index is 14.7. The van der Waals surface area contributed by atoms with Gasteiger partial charge in [-0.15, -0.1) is 0 Å². The lowest BCUT2D eigenvalue weighted by molar-refractivity contribution is -0.118. The number of nitrogens with zero attached hydrogens (tertiary/aromatic N) is 6. The molecule has 0 aromatic carbocycles. The number of anilines is 3. The molecule has 0 unspecified atom stereocenters. The molecule has 0 bridgehead atoms. The van der Waals surface area contributed by atoms with Crippen molar-refractivity contribution in [2.45, 2.75) is 25.2 Å². The van der Waals surface area contributed by atoms with Gasteiger partial charge in [0.1, 0.15) is 11.5 Å². The van der Waals surface area contributed by atoms with Crippen LogP contribution in [0, 0.1) is 5.82 Å². The monoisotopic (exact) mass is 458 g/mol. The molecule has 0 radical (unpaired) electrons. The number of nitrogens with one attached hydrogen (secondary N) is 2. The van der Waals surface area contributed by atoms with E-state index in [1.807, 2.05) is 29.0 Å². The first kappa shape index (κ1) is 20.7. The fourth-order valence-electron chi connectivity index (χ4n) is 4.26. The Hall–Kier alpha value is -3.92. The first-order valence-electron chi connectivity index (χ1n) is 11.4. The molecule has 1 aliphatic heterocycles. The summed E-state index contributed by atoms with van der Waals surface area (Å²) in [5.74, 6) is 0.847. The van der Waals surface area contributed by atoms with Gasteiger partial charge in [-0.05, 0) is 43.0 Å². The number of rotatable bonds is 5. The molecule has 5 heterocycles. The second-order valence-electron chi connectivity index (χ2n) is 8.58. The van der Waals surface area contributed by atoms with Crippen molar-refractivity contribution in [1.82, 2.24) is 29.9 Å². The number of amides is 1. The number of hydrogen-bond acceptors (Lipinski definition) is 7. The van der Waals surface area contributed by atoms with Gasteiger partial charge in [0.25, 0.3) is 0 Å².